The quantitative estimate of drug-likeness (QED) is 0.834. The molecule has 88 valence electrons. The van der Waals surface area contributed by atoms with Crippen molar-refractivity contribution in [3.05, 3.63) is 52.3 Å². The summed E-state index contributed by atoms with van der Waals surface area (Å²) in [6.45, 7) is 0.621. The first kappa shape index (κ1) is 11.2. The van der Waals surface area contributed by atoms with E-state index in [0.29, 0.717) is 12.4 Å². The lowest BCUT2D eigenvalue weighted by molar-refractivity contribution is 0.414. The number of hydrogen-bond acceptors (Lipinski definition) is 4. The molecule has 0 saturated heterocycles. The topological polar surface area (TPSA) is 67.0 Å². The summed E-state index contributed by atoms with van der Waals surface area (Å²) in [5, 5.41) is 9.32. The molecule has 5 heteroatoms. The number of hydrogen-bond donors (Lipinski definition) is 2. The minimum atomic E-state index is -0.211. The van der Waals surface area contributed by atoms with Crippen molar-refractivity contribution in [2.24, 2.45) is 0 Å². The number of aromatic nitrogens is 2. The van der Waals surface area contributed by atoms with Gasteiger partial charge in [0.25, 0.3) is 5.56 Å². The predicted molar refractivity (Wildman–Crippen MR) is 65.2 cm³/mol. The van der Waals surface area contributed by atoms with Gasteiger partial charge in [0.15, 0.2) is 0 Å². The predicted octanol–water partition coefficient (Wildman–Crippen LogP) is 1.39. The summed E-state index contributed by atoms with van der Waals surface area (Å²) in [7, 11) is 1.63. The fourth-order valence-corrected chi connectivity index (χ4v) is 1.42. The van der Waals surface area contributed by atoms with Crippen LogP contribution in [0.4, 0.5) is 5.82 Å². The van der Waals surface area contributed by atoms with Gasteiger partial charge in [-0.05, 0) is 23.8 Å². The molecule has 2 aromatic rings. The zero-order valence-corrected chi connectivity index (χ0v) is 9.43. The minimum absolute atomic E-state index is 0.211. The molecule has 2 N–H and O–H groups in total. The van der Waals surface area contributed by atoms with E-state index in [2.05, 4.69) is 15.5 Å². The van der Waals surface area contributed by atoms with Crippen molar-refractivity contribution in [2.75, 3.05) is 12.4 Å². The molecule has 2 rings (SSSR count). The fraction of sp³-hybridized carbons (Fsp3) is 0.167. The third kappa shape index (κ3) is 3.07. The van der Waals surface area contributed by atoms with Crippen LogP contribution in [0.2, 0.25) is 0 Å². The Morgan fingerprint density at radius 3 is 2.94 bits per heavy atom. The summed E-state index contributed by atoms with van der Waals surface area (Å²) in [5.74, 6) is 1.45. The Balaban J connectivity index is 2.01. The number of nitrogens with zero attached hydrogens (tertiary/aromatic N) is 1. The third-order valence-corrected chi connectivity index (χ3v) is 2.29. The van der Waals surface area contributed by atoms with Crippen LogP contribution < -0.4 is 15.6 Å². The highest BCUT2D eigenvalue weighted by molar-refractivity contribution is 5.35. The maximum atomic E-state index is 10.8. The number of aromatic amines is 1. The molecule has 0 fully saturated rings. The molecule has 0 saturated carbocycles. The zero-order chi connectivity index (χ0) is 12.1. The van der Waals surface area contributed by atoms with Crippen molar-refractivity contribution in [3.63, 3.8) is 0 Å². The maximum Gasteiger partial charge on any atom is 0.264 e. The minimum Gasteiger partial charge on any atom is -0.497 e. The van der Waals surface area contributed by atoms with Crippen molar-refractivity contribution < 1.29 is 4.74 Å². The molecule has 17 heavy (non-hydrogen) atoms. The lowest BCUT2D eigenvalue weighted by Crippen LogP contribution is -2.09. The Hall–Kier alpha value is -2.30. The SMILES string of the molecule is COc1cccc(CNc2ccc(=O)[nH]n2)c1. The van der Waals surface area contributed by atoms with Gasteiger partial charge in [0.1, 0.15) is 11.6 Å². The van der Waals surface area contributed by atoms with Gasteiger partial charge in [-0.25, -0.2) is 5.10 Å². The van der Waals surface area contributed by atoms with Crippen LogP contribution in [-0.2, 0) is 6.54 Å². The average molecular weight is 231 g/mol. The van der Waals surface area contributed by atoms with Crippen LogP contribution >= 0.6 is 0 Å². The van der Waals surface area contributed by atoms with Gasteiger partial charge in [0.2, 0.25) is 0 Å². The molecule has 0 aliphatic carbocycles. The van der Waals surface area contributed by atoms with Gasteiger partial charge in [-0.3, -0.25) is 4.79 Å². The number of anilines is 1. The van der Waals surface area contributed by atoms with E-state index in [1.807, 2.05) is 24.3 Å². The van der Waals surface area contributed by atoms with Gasteiger partial charge in [0.05, 0.1) is 7.11 Å². The van der Waals surface area contributed by atoms with Gasteiger partial charge < -0.3 is 10.1 Å². The normalized spacial score (nSPS) is 9.94. The molecule has 0 spiro atoms. The average Bonchev–Trinajstić information content (AvgIpc) is 2.38. The van der Waals surface area contributed by atoms with Crippen LogP contribution in [0.1, 0.15) is 5.56 Å². The van der Waals surface area contributed by atoms with E-state index in [0.717, 1.165) is 11.3 Å². The highest BCUT2D eigenvalue weighted by atomic mass is 16.5. The second kappa shape index (κ2) is 5.16. The molecular weight excluding hydrogens is 218 g/mol. The Bertz CT molecular complexity index is 531. The molecule has 0 bridgehead atoms. The molecule has 0 unspecified atom stereocenters. The van der Waals surface area contributed by atoms with E-state index in [1.165, 1.54) is 6.07 Å². The number of nitrogens with one attached hydrogen (secondary N) is 2. The third-order valence-electron chi connectivity index (χ3n) is 2.29. The molecule has 0 amide bonds. The van der Waals surface area contributed by atoms with E-state index >= 15 is 0 Å². The Morgan fingerprint density at radius 2 is 2.24 bits per heavy atom. The molecular formula is C12H13N3O2. The van der Waals surface area contributed by atoms with Crippen LogP contribution in [0.5, 0.6) is 5.75 Å². The summed E-state index contributed by atoms with van der Waals surface area (Å²) in [6.07, 6.45) is 0. The van der Waals surface area contributed by atoms with Crippen molar-refractivity contribution in [2.45, 2.75) is 6.54 Å². The second-order valence-corrected chi connectivity index (χ2v) is 3.51. The molecule has 0 aliphatic heterocycles. The van der Waals surface area contributed by atoms with Gasteiger partial charge in [-0.15, -0.1) is 0 Å². The molecule has 1 aromatic heterocycles. The molecule has 1 aromatic carbocycles. The lowest BCUT2D eigenvalue weighted by Gasteiger charge is -2.06. The van der Waals surface area contributed by atoms with E-state index in [4.69, 9.17) is 4.74 Å². The van der Waals surface area contributed by atoms with Crippen molar-refractivity contribution in [1.82, 2.24) is 10.2 Å². The largest absolute Gasteiger partial charge is 0.497 e. The summed E-state index contributed by atoms with van der Waals surface area (Å²) >= 11 is 0. The maximum absolute atomic E-state index is 10.8. The van der Waals surface area contributed by atoms with Crippen LogP contribution in [0.15, 0.2) is 41.2 Å². The van der Waals surface area contributed by atoms with E-state index in [-0.39, 0.29) is 5.56 Å². The molecule has 0 radical (unpaired) electrons. The summed E-state index contributed by atoms with van der Waals surface area (Å²) in [6, 6.07) is 10.8. The van der Waals surface area contributed by atoms with Gasteiger partial charge >= 0.3 is 0 Å². The van der Waals surface area contributed by atoms with Gasteiger partial charge in [0, 0.05) is 12.6 Å². The van der Waals surface area contributed by atoms with Crippen LogP contribution in [0, 0.1) is 0 Å². The van der Waals surface area contributed by atoms with E-state index < -0.39 is 0 Å². The molecule has 5 nitrogen and oxygen atoms in total. The highest BCUT2D eigenvalue weighted by Gasteiger charge is 1.97. The van der Waals surface area contributed by atoms with Gasteiger partial charge in [-0.1, -0.05) is 12.1 Å². The summed E-state index contributed by atoms with van der Waals surface area (Å²) < 4.78 is 5.13. The van der Waals surface area contributed by atoms with E-state index in [9.17, 15) is 4.79 Å². The van der Waals surface area contributed by atoms with Crippen LogP contribution in [-0.4, -0.2) is 17.3 Å². The molecule has 0 atom stereocenters. The number of rotatable bonds is 4. The standard InChI is InChI=1S/C12H13N3O2/c1-17-10-4-2-3-9(7-10)8-13-11-5-6-12(16)15-14-11/h2-7H,8H2,1H3,(H,13,14)(H,15,16). The number of benzene rings is 1. The zero-order valence-electron chi connectivity index (χ0n) is 9.43. The Morgan fingerprint density at radius 1 is 1.35 bits per heavy atom. The van der Waals surface area contributed by atoms with Crippen molar-refractivity contribution in [1.29, 1.82) is 0 Å². The van der Waals surface area contributed by atoms with Crippen molar-refractivity contribution in [3.8, 4) is 5.75 Å². The summed E-state index contributed by atoms with van der Waals surface area (Å²) in [5.41, 5.74) is 0.870. The first-order valence-corrected chi connectivity index (χ1v) is 5.20. The smallest absolute Gasteiger partial charge is 0.264 e. The summed E-state index contributed by atoms with van der Waals surface area (Å²) in [4.78, 5) is 10.8. The monoisotopic (exact) mass is 231 g/mol. The lowest BCUT2D eigenvalue weighted by atomic mass is 10.2. The second-order valence-electron chi connectivity index (χ2n) is 3.51. The van der Waals surface area contributed by atoms with Gasteiger partial charge in [-0.2, -0.15) is 5.10 Å². The fourth-order valence-electron chi connectivity index (χ4n) is 1.42. The molecule has 0 aliphatic rings. The molecule has 1 heterocycles. The Labute approximate surface area is 98.5 Å². The van der Waals surface area contributed by atoms with Crippen LogP contribution in [0.3, 0.4) is 0 Å². The first-order chi connectivity index (χ1) is 8.28. The number of methoxy groups -OCH3 is 1. The van der Waals surface area contributed by atoms with Crippen LogP contribution in [0.25, 0.3) is 0 Å². The number of ether oxygens (including phenoxy) is 1. The Kier molecular flexibility index (Phi) is 3.40. The number of H-pyrrole nitrogens is 1. The van der Waals surface area contributed by atoms with E-state index in [1.54, 1.807) is 13.2 Å². The highest BCUT2D eigenvalue weighted by Crippen LogP contribution is 2.13. The first-order valence-electron chi connectivity index (χ1n) is 5.20. The van der Waals surface area contributed by atoms with Crippen molar-refractivity contribution >= 4 is 5.82 Å².